The molecule has 1 N–H and O–H groups in total. The van der Waals surface area contributed by atoms with Crippen molar-refractivity contribution in [1.82, 2.24) is 15.1 Å². The summed E-state index contributed by atoms with van der Waals surface area (Å²) in [5.41, 5.74) is 1.07. The average molecular weight is 281 g/mol. The van der Waals surface area contributed by atoms with E-state index in [2.05, 4.69) is 15.1 Å². The zero-order valence-corrected chi connectivity index (χ0v) is 10.5. The number of nitriles is 1. The molecule has 0 saturated heterocycles. The van der Waals surface area contributed by atoms with Crippen LogP contribution in [-0.2, 0) is 0 Å². The van der Waals surface area contributed by atoms with E-state index in [9.17, 15) is 10.1 Å². The maximum Gasteiger partial charge on any atom is 0.280 e. The van der Waals surface area contributed by atoms with E-state index in [0.29, 0.717) is 11.3 Å². The summed E-state index contributed by atoms with van der Waals surface area (Å²) in [5.74, 6) is 0.304. The van der Waals surface area contributed by atoms with Crippen molar-refractivity contribution in [3.05, 3.63) is 52.3 Å². The molecule has 0 radical (unpaired) electrons. The van der Waals surface area contributed by atoms with Crippen molar-refractivity contribution in [2.45, 2.75) is 0 Å². The van der Waals surface area contributed by atoms with Gasteiger partial charge in [-0.3, -0.25) is 10.1 Å². The van der Waals surface area contributed by atoms with Crippen molar-refractivity contribution in [2.75, 3.05) is 0 Å². The third-order valence-corrected chi connectivity index (χ3v) is 2.82. The SMILES string of the molecule is N#Cc1cc(-c2nc(-c3ccccc3[N+](=O)[O-])no2)c[nH]1. The van der Waals surface area contributed by atoms with Crippen LogP contribution in [0.25, 0.3) is 22.8 Å². The Morgan fingerprint density at radius 1 is 1.38 bits per heavy atom. The minimum absolute atomic E-state index is 0.100. The standard InChI is InChI=1S/C13H7N5O3/c14-6-9-5-8(7-15-9)13-16-12(17-21-13)10-3-1-2-4-11(10)18(19)20/h1-5,7,15H. The Balaban J connectivity index is 2.03. The number of aromatic amines is 1. The van der Waals surface area contributed by atoms with Gasteiger partial charge in [-0.05, 0) is 12.1 Å². The highest BCUT2D eigenvalue weighted by Crippen LogP contribution is 2.29. The van der Waals surface area contributed by atoms with Gasteiger partial charge < -0.3 is 9.51 Å². The van der Waals surface area contributed by atoms with Gasteiger partial charge in [0.25, 0.3) is 11.6 Å². The summed E-state index contributed by atoms with van der Waals surface area (Å²) >= 11 is 0. The lowest BCUT2D eigenvalue weighted by Crippen LogP contribution is -1.92. The molecular formula is C13H7N5O3. The highest BCUT2D eigenvalue weighted by molar-refractivity contribution is 5.69. The summed E-state index contributed by atoms with van der Waals surface area (Å²) in [6.07, 6.45) is 1.55. The molecule has 1 aromatic carbocycles. The van der Waals surface area contributed by atoms with Crippen LogP contribution in [0.1, 0.15) is 5.69 Å². The number of aromatic nitrogens is 3. The van der Waals surface area contributed by atoms with Gasteiger partial charge in [-0.1, -0.05) is 17.3 Å². The van der Waals surface area contributed by atoms with Gasteiger partial charge in [0.2, 0.25) is 5.82 Å². The Morgan fingerprint density at radius 2 is 2.19 bits per heavy atom. The first-order valence-corrected chi connectivity index (χ1v) is 5.85. The molecule has 0 saturated carbocycles. The Bertz CT molecular complexity index is 859. The number of para-hydroxylation sites is 1. The second kappa shape index (κ2) is 4.90. The Kier molecular flexibility index (Phi) is 2.93. The molecule has 0 fully saturated rings. The van der Waals surface area contributed by atoms with Crippen LogP contribution in [0.15, 0.2) is 41.1 Å². The zero-order chi connectivity index (χ0) is 14.8. The fraction of sp³-hybridized carbons (Fsp3) is 0. The summed E-state index contributed by atoms with van der Waals surface area (Å²) < 4.78 is 5.08. The lowest BCUT2D eigenvalue weighted by molar-refractivity contribution is -0.384. The van der Waals surface area contributed by atoms with Gasteiger partial charge in [0.1, 0.15) is 17.3 Å². The maximum absolute atomic E-state index is 11.0. The summed E-state index contributed by atoms with van der Waals surface area (Å²) in [6, 6.07) is 9.63. The third kappa shape index (κ3) is 2.23. The second-order valence-electron chi connectivity index (χ2n) is 4.11. The predicted molar refractivity (Wildman–Crippen MR) is 70.9 cm³/mol. The van der Waals surface area contributed by atoms with Crippen molar-refractivity contribution < 1.29 is 9.45 Å². The van der Waals surface area contributed by atoms with Gasteiger partial charge in [-0.15, -0.1) is 0 Å². The van der Waals surface area contributed by atoms with Gasteiger partial charge in [-0.25, -0.2) is 0 Å². The number of nitro benzene ring substituents is 1. The van der Waals surface area contributed by atoms with Crippen LogP contribution < -0.4 is 0 Å². The van der Waals surface area contributed by atoms with Crippen LogP contribution >= 0.6 is 0 Å². The molecule has 0 aliphatic carbocycles. The lowest BCUT2D eigenvalue weighted by atomic mass is 10.2. The minimum Gasteiger partial charge on any atom is -0.352 e. The van der Waals surface area contributed by atoms with Gasteiger partial charge in [0.15, 0.2) is 0 Å². The quantitative estimate of drug-likeness (QED) is 0.581. The van der Waals surface area contributed by atoms with E-state index in [-0.39, 0.29) is 23.0 Å². The molecule has 3 aromatic rings. The van der Waals surface area contributed by atoms with Crippen molar-refractivity contribution >= 4 is 5.69 Å². The Hall–Kier alpha value is -3.47. The lowest BCUT2D eigenvalue weighted by Gasteiger charge is -1.96. The second-order valence-corrected chi connectivity index (χ2v) is 4.11. The van der Waals surface area contributed by atoms with Gasteiger partial charge in [0, 0.05) is 12.3 Å². The van der Waals surface area contributed by atoms with Crippen LogP contribution in [-0.4, -0.2) is 20.0 Å². The monoisotopic (exact) mass is 281 g/mol. The molecule has 0 bridgehead atoms. The van der Waals surface area contributed by atoms with Crippen LogP contribution in [0.5, 0.6) is 0 Å². The van der Waals surface area contributed by atoms with Gasteiger partial charge in [-0.2, -0.15) is 10.2 Å². The largest absolute Gasteiger partial charge is 0.352 e. The highest BCUT2D eigenvalue weighted by atomic mass is 16.6. The van der Waals surface area contributed by atoms with E-state index < -0.39 is 4.92 Å². The Labute approximate surface area is 117 Å². The summed E-state index contributed by atoms with van der Waals surface area (Å²) in [6.45, 7) is 0. The van der Waals surface area contributed by atoms with Gasteiger partial charge in [0.05, 0.1) is 10.5 Å². The first-order valence-electron chi connectivity index (χ1n) is 5.85. The Morgan fingerprint density at radius 3 is 2.90 bits per heavy atom. The van der Waals surface area contributed by atoms with E-state index in [0.717, 1.165) is 0 Å². The van der Waals surface area contributed by atoms with E-state index in [1.165, 1.54) is 6.07 Å². The summed E-state index contributed by atoms with van der Waals surface area (Å²) in [7, 11) is 0. The summed E-state index contributed by atoms with van der Waals surface area (Å²) in [5, 5.41) is 23.5. The first kappa shape index (κ1) is 12.6. The van der Waals surface area contributed by atoms with Crippen molar-refractivity contribution in [3.63, 3.8) is 0 Å². The molecule has 3 rings (SSSR count). The van der Waals surface area contributed by atoms with E-state index in [4.69, 9.17) is 9.78 Å². The van der Waals surface area contributed by atoms with E-state index >= 15 is 0 Å². The van der Waals surface area contributed by atoms with E-state index in [1.807, 2.05) is 6.07 Å². The zero-order valence-electron chi connectivity index (χ0n) is 10.5. The maximum atomic E-state index is 11.0. The van der Waals surface area contributed by atoms with E-state index in [1.54, 1.807) is 30.5 Å². The molecule has 21 heavy (non-hydrogen) atoms. The molecule has 8 heteroatoms. The number of hydrogen-bond acceptors (Lipinski definition) is 6. The molecule has 0 aliphatic rings. The molecule has 0 aliphatic heterocycles. The molecule has 2 aromatic heterocycles. The third-order valence-electron chi connectivity index (χ3n) is 2.82. The van der Waals surface area contributed by atoms with Crippen LogP contribution in [0.4, 0.5) is 5.69 Å². The fourth-order valence-electron chi connectivity index (χ4n) is 1.85. The molecule has 2 heterocycles. The molecule has 0 atom stereocenters. The molecule has 0 spiro atoms. The number of hydrogen-bond donors (Lipinski definition) is 1. The smallest absolute Gasteiger partial charge is 0.280 e. The number of nitro groups is 1. The average Bonchev–Trinajstić information content (AvgIpc) is 3.16. The number of nitrogens with one attached hydrogen (secondary N) is 1. The minimum atomic E-state index is -0.505. The fourth-order valence-corrected chi connectivity index (χ4v) is 1.85. The molecular weight excluding hydrogens is 274 g/mol. The van der Waals surface area contributed by atoms with Crippen LogP contribution in [0.3, 0.4) is 0 Å². The van der Waals surface area contributed by atoms with Crippen LogP contribution in [0, 0.1) is 21.4 Å². The highest BCUT2D eigenvalue weighted by Gasteiger charge is 2.20. The normalized spacial score (nSPS) is 10.2. The van der Waals surface area contributed by atoms with Crippen molar-refractivity contribution in [3.8, 4) is 28.9 Å². The molecule has 8 nitrogen and oxygen atoms in total. The number of H-pyrrole nitrogens is 1. The first-order chi connectivity index (χ1) is 10.2. The molecule has 0 unspecified atom stereocenters. The number of benzene rings is 1. The number of nitrogens with zero attached hydrogens (tertiary/aromatic N) is 4. The molecule has 0 amide bonds. The van der Waals surface area contributed by atoms with Crippen LogP contribution in [0.2, 0.25) is 0 Å². The topological polar surface area (TPSA) is 122 Å². The predicted octanol–water partition coefficient (Wildman–Crippen LogP) is 2.51. The van der Waals surface area contributed by atoms with Crippen molar-refractivity contribution in [2.24, 2.45) is 0 Å². The number of rotatable bonds is 3. The summed E-state index contributed by atoms with van der Waals surface area (Å²) in [4.78, 5) is 17.4. The van der Waals surface area contributed by atoms with Crippen molar-refractivity contribution in [1.29, 1.82) is 5.26 Å². The molecule has 102 valence electrons. The van der Waals surface area contributed by atoms with Gasteiger partial charge >= 0.3 is 0 Å².